The molecule has 1 aliphatic carbocycles. The van der Waals surface area contributed by atoms with Crippen molar-refractivity contribution in [2.24, 2.45) is 0 Å². The number of hydrogen-bond donors (Lipinski definition) is 2. The van der Waals surface area contributed by atoms with E-state index in [1.807, 2.05) is 0 Å². The van der Waals surface area contributed by atoms with Gasteiger partial charge in [0, 0.05) is 32.2 Å². The molecular formula is C12H19N5O2. The predicted molar refractivity (Wildman–Crippen MR) is 74.6 cm³/mol. The molecule has 0 atom stereocenters. The van der Waals surface area contributed by atoms with Crippen LogP contribution < -0.4 is 10.6 Å². The molecular weight excluding hydrogens is 246 g/mol. The van der Waals surface area contributed by atoms with Crippen LogP contribution in [0, 0.1) is 10.1 Å². The van der Waals surface area contributed by atoms with Crippen molar-refractivity contribution in [2.75, 3.05) is 37.8 Å². The van der Waals surface area contributed by atoms with Gasteiger partial charge >= 0.3 is 5.69 Å². The molecule has 1 aliphatic rings. The Morgan fingerprint density at radius 2 is 2.26 bits per heavy atom. The molecule has 0 bridgehead atoms. The molecule has 0 spiro atoms. The van der Waals surface area contributed by atoms with Crippen LogP contribution in [0.25, 0.3) is 0 Å². The van der Waals surface area contributed by atoms with E-state index in [-0.39, 0.29) is 5.69 Å². The Labute approximate surface area is 112 Å². The second-order valence-corrected chi connectivity index (χ2v) is 4.71. The summed E-state index contributed by atoms with van der Waals surface area (Å²) in [6, 6.07) is 3.75. The Kier molecular flexibility index (Phi) is 4.16. The SMILES string of the molecule is CNc1ccc([N+](=O)[O-])c(NCCN(C)C2CC2)n1. The minimum absolute atomic E-state index is 0.00748. The largest absolute Gasteiger partial charge is 0.373 e. The van der Waals surface area contributed by atoms with Crippen LogP contribution in [0.1, 0.15) is 12.8 Å². The smallest absolute Gasteiger partial charge is 0.311 e. The van der Waals surface area contributed by atoms with Crippen LogP contribution in [0.2, 0.25) is 0 Å². The summed E-state index contributed by atoms with van der Waals surface area (Å²) < 4.78 is 0. The molecule has 0 amide bonds. The van der Waals surface area contributed by atoms with Crippen molar-refractivity contribution < 1.29 is 4.92 Å². The van der Waals surface area contributed by atoms with Crippen LogP contribution in [0.5, 0.6) is 0 Å². The molecule has 0 aliphatic heterocycles. The van der Waals surface area contributed by atoms with Crippen molar-refractivity contribution in [1.29, 1.82) is 0 Å². The number of rotatable bonds is 7. The maximum Gasteiger partial charge on any atom is 0.311 e. The predicted octanol–water partition coefficient (Wildman–Crippen LogP) is 1.54. The maximum atomic E-state index is 10.9. The molecule has 104 valence electrons. The summed E-state index contributed by atoms with van der Waals surface area (Å²) in [6.07, 6.45) is 2.51. The van der Waals surface area contributed by atoms with Crippen LogP contribution in [-0.2, 0) is 0 Å². The number of pyridine rings is 1. The van der Waals surface area contributed by atoms with E-state index in [4.69, 9.17) is 0 Å². The van der Waals surface area contributed by atoms with Crippen molar-refractivity contribution in [3.05, 3.63) is 22.2 Å². The number of hydrogen-bond acceptors (Lipinski definition) is 6. The molecule has 0 radical (unpaired) electrons. The second-order valence-electron chi connectivity index (χ2n) is 4.71. The fraction of sp³-hybridized carbons (Fsp3) is 0.583. The Hall–Kier alpha value is -1.89. The minimum Gasteiger partial charge on any atom is -0.373 e. The highest BCUT2D eigenvalue weighted by Gasteiger charge is 2.25. The summed E-state index contributed by atoms with van der Waals surface area (Å²) in [4.78, 5) is 17.0. The summed E-state index contributed by atoms with van der Waals surface area (Å²) in [5.41, 5.74) is 0.00748. The fourth-order valence-electron chi connectivity index (χ4n) is 1.92. The Bertz CT molecular complexity index is 461. The molecule has 7 nitrogen and oxygen atoms in total. The first-order valence-electron chi connectivity index (χ1n) is 6.39. The zero-order valence-corrected chi connectivity index (χ0v) is 11.2. The first-order valence-corrected chi connectivity index (χ1v) is 6.39. The quantitative estimate of drug-likeness (QED) is 0.574. The Morgan fingerprint density at radius 1 is 1.53 bits per heavy atom. The normalized spacial score (nSPS) is 14.5. The van der Waals surface area contributed by atoms with Crippen molar-refractivity contribution in [3.8, 4) is 0 Å². The third-order valence-electron chi connectivity index (χ3n) is 3.25. The molecule has 1 saturated carbocycles. The van der Waals surface area contributed by atoms with Crippen LogP contribution >= 0.6 is 0 Å². The monoisotopic (exact) mass is 265 g/mol. The zero-order valence-electron chi connectivity index (χ0n) is 11.2. The standard InChI is InChI=1S/C12H19N5O2/c1-13-11-6-5-10(17(18)19)12(15-11)14-7-8-16(2)9-3-4-9/h5-6,9H,3-4,7-8H2,1-2H3,(H2,13,14,15). The van der Waals surface area contributed by atoms with Crippen LogP contribution in [0.4, 0.5) is 17.3 Å². The van der Waals surface area contributed by atoms with Gasteiger partial charge in [0.25, 0.3) is 0 Å². The van der Waals surface area contributed by atoms with E-state index in [1.54, 1.807) is 13.1 Å². The number of aromatic nitrogens is 1. The van der Waals surface area contributed by atoms with Gasteiger partial charge in [-0.2, -0.15) is 0 Å². The van der Waals surface area contributed by atoms with E-state index in [0.29, 0.717) is 24.2 Å². The maximum absolute atomic E-state index is 10.9. The average molecular weight is 265 g/mol. The van der Waals surface area contributed by atoms with E-state index in [2.05, 4.69) is 27.6 Å². The molecule has 0 aromatic carbocycles. The van der Waals surface area contributed by atoms with Crippen LogP contribution in [0.3, 0.4) is 0 Å². The van der Waals surface area contributed by atoms with Crippen LogP contribution in [-0.4, -0.2) is 48.0 Å². The van der Waals surface area contributed by atoms with E-state index in [0.717, 1.165) is 6.54 Å². The van der Waals surface area contributed by atoms with Gasteiger partial charge in [-0.1, -0.05) is 0 Å². The minimum atomic E-state index is -0.417. The molecule has 2 rings (SSSR count). The number of nitro groups is 1. The second kappa shape index (κ2) is 5.83. The van der Waals surface area contributed by atoms with E-state index >= 15 is 0 Å². The Balaban J connectivity index is 1.98. The summed E-state index contributed by atoms with van der Waals surface area (Å²) in [5.74, 6) is 0.935. The van der Waals surface area contributed by atoms with Gasteiger partial charge in [-0.25, -0.2) is 4.98 Å². The first-order chi connectivity index (χ1) is 9.11. The molecule has 0 unspecified atom stereocenters. The lowest BCUT2D eigenvalue weighted by atomic mass is 10.3. The van der Waals surface area contributed by atoms with E-state index in [1.165, 1.54) is 18.9 Å². The molecule has 1 heterocycles. The van der Waals surface area contributed by atoms with E-state index < -0.39 is 4.92 Å². The van der Waals surface area contributed by atoms with Gasteiger partial charge in [-0.15, -0.1) is 0 Å². The highest BCUT2D eigenvalue weighted by Crippen LogP contribution is 2.26. The number of anilines is 2. The third-order valence-corrected chi connectivity index (χ3v) is 3.25. The fourth-order valence-corrected chi connectivity index (χ4v) is 1.92. The van der Waals surface area contributed by atoms with Gasteiger partial charge in [0.2, 0.25) is 5.82 Å². The lowest BCUT2D eigenvalue weighted by Gasteiger charge is -2.16. The van der Waals surface area contributed by atoms with E-state index in [9.17, 15) is 10.1 Å². The third kappa shape index (κ3) is 3.54. The van der Waals surface area contributed by atoms with Crippen molar-refractivity contribution in [2.45, 2.75) is 18.9 Å². The summed E-state index contributed by atoms with van der Waals surface area (Å²) in [7, 11) is 3.81. The summed E-state index contributed by atoms with van der Waals surface area (Å²) >= 11 is 0. The lowest BCUT2D eigenvalue weighted by Crippen LogP contribution is -2.27. The van der Waals surface area contributed by atoms with Gasteiger partial charge < -0.3 is 15.5 Å². The number of likely N-dealkylation sites (N-methyl/N-ethyl adjacent to an activating group) is 1. The van der Waals surface area contributed by atoms with Gasteiger partial charge in [-0.05, 0) is 26.0 Å². The van der Waals surface area contributed by atoms with Gasteiger partial charge in [0.05, 0.1) is 4.92 Å². The Morgan fingerprint density at radius 3 is 2.84 bits per heavy atom. The topological polar surface area (TPSA) is 83.3 Å². The molecule has 0 saturated heterocycles. The molecule has 1 aromatic heterocycles. The average Bonchev–Trinajstić information content (AvgIpc) is 3.22. The zero-order chi connectivity index (χ0) is 13.8. The van der Waals surface area contributed by atoms with Crippen molar-refractivity contribution in [3.63, 3.8) is 0 Å². The first kappa shape index (κ1) is 13.5. The lowest BCUT2D eigenvalue weighted by molar-refractivity contribution is -0.384. The van der Waals surface area contributed by atoms with Gasteiger partial charge in [0.1, 0.15) is 5.82 Å². The molecule has 1 fully saturated rings. The number of nitrogens with zero attached hydrogens (tertiary/aromatic N) is 3. The molecule has 7 heteroatoms. The summed E-state index contributed by atoms with van der Waals surface area (Å²) in [6.45, 7) is 1.50. The highest BCUT2D eigenvalue weighted by atomic mass is 16.6. The highest BCUT2D eigenvalue weighted by molar-refractivity contribution is 5.60. The summed E-state index contributed by atoms with van der Waals surface area (Å²) in [5, 5.41) is 16.9. The van der Waals surface area contributed by atoms with Gasteiger partial charge in [0.15, 0.2) is 0 Å². The van der Waals surface area contributed by atoms with Crippen molar-refractivity contribution in [1.82, 2.24) is 9.88 Å². The number of nitrogens with one attached hydrogen (secondary N) is 2. The van der Waals surface area contributed by atoms with Crippen LogP contribution in [0.15, 0.2) is 12.1 Å². The molecule has 2 N–H and O–H groups in total. The molecule has 1 aromatic rings. The van der Waals surface area contributed by atoms with Gasteiger partial charge in [-0.3, -0.25) is 10.1 Å². The molecule has 19 heavy (non-hydrogen) atoms. The van der Waals surface area contributed by atoms with Crippen molar-refractivity contribution >= 4 is 17.3 Å².